The molecule has 3 rings (SSSR count). The van der Waals surface area contributed by atoms with Crippen molar-refractivity contribution >= 4 is 0 Å². The highest BCUT2D eigenvalue weighted by atomic mass is 19.1. The van der Waals surface area contributed by atoms with Crippen LogP contribution in [0.25, 0.3) is 0 Å². The smallest absolute Gasteiger partial charge is 0.141 e. The van der Waals surface area contributed by atoms with Gasteiger partial charge in [-0.15, -0.1) is 0 Å². The second kappa shape index (κ2) is 9.04. The number of aromatic nitrogens is 1. The summed E-state index contributed by atoms with van der Waals surface area (Å²) in [5.74, 6) is -0.300. The van der Waals surface area contributed by atoms with Crippen molar-refractivity contribution in [3.8, 4) is 0 Å². The Labute approximate surface area is 149 Å². The van der Waals surface area contributed by atoms with Crippen LogP contribution in [0.1, 0.15) is 30.5 Å². The zero-order valence-electron chi connectivity index (χ0n) is 14.7. The number of benzene rings is 1. The van der Waals surface area contributed by atoms with Crippen molar-refractivity contribution in [2.24, 2.45) is 0 Å². The van der Waals surface area contributed by atoms with Crippen LogP contribution in [0.3, 0.4) is 0 Å². The van der Waals surface area contributed by atoms with Crippen LogP contribution in [-0.2, 0) is 11.3 Å². The number of nitrogens with zero attached hydrogens (tertiary/aromatic N) is 2. The van der Waals surface area contributed by atoms with Gasteiger partial charge in [-0.3, -0.25) is 9.88 Å². The summed E-state index contributed by atoms with van der Waals surface area (Å²) in [5.41, 5.74) is 2.19. The van der Waals surface area contributed by atoms with Crippen LogP contribution >= 0.6 is 0 Å². The van der Waals surface area contributed by atoms with Gasteiger partial charge in [-0.1, -0.05) is 30.3 Å². The van der Waals surface area contributed by atoms with E-state index >= 15 is 0 Å². The van der Waals surface area contributed by atoms with Gasteiger partial charge < -0.3 is 10.1 Å². The molecule has 0 aliphatic carbocycles. The maximum absolute atomic E-state index is 13.3. The Morgan fingerprint density at radius 2 is 2.16 bits per heavy atom. The first kappa shape index (κ1) is 18.0. The van der Waals surface area contributed by atoms with Crippen LogP contribution in [0, 0.1) is 5.82 Å². The predicted octanol–water partition coefficient (Wildman–Crippen LogP) is 3.16. The number of ether oxygens (including phenoxy) is 1. The molecular formula is C20H26FN3O. The van der Waals surface area contributed by atoms with E-state index < -0.39 is 0 Å². The molecule has 0 radical (unpaired) electrons. The molecule has 25 heavy (non-hydrogen) atoms. The second-order valence-corrected chi connectivity index (χ2v) is 6.63. The van der Waals surface area contributed by atoms with Crippen molar-refractivity contribution in [2.75, 3.05) is 26.2 Å². The Morgan fingerprint density at radius 3 is 2.96 bits per heavy atom. The molecule has 0 saturated carbocycles. The topological polar surface area (TPSA) is 37.4 Å². The molecule has 2 heterocycles. The Balaban J connectivity index is 1.52. The summed E-state index contributed by atoms with van der Waals surface area (Å²) in [5, 5.41) is 3.45. The molecule has 5 heteroatoms. The monoisotopic (exact) mass is 343 g/mol. The lowest BCUT2D eigenvalue weighted by Gasteiger charge is -2.25. The SMILES string of the molecule is C[C@H](NC[C@H]1CN(Cc2ccccc2)CCCO1)c1cncc(F)c1. The summed E-state index contributed by atoms with van der Waals surface area (Å²) in [6.07, 6.45) is 4.12. The first-order chi connectivity index (χ1) is 12.2. The maximum Gasteiger partial charge on any atom is 0.141 e. The fourth-order valence-electron chi connectivity index (χ4n) is 3.17. The van der Waals surface area contributed by atoms with Crippen molar-refractivity contribution in [1.82, 2.24) is 15.2 Å². The summed E-state index contributed by atoms with van der Waals surface area (Å²) in [6, 6.07) is 12.1. The van der Waals surface area contributed by atoms with Crippen molar-refractivity contribution in [2.45, 2.75) is 32.0 Å². The Bertz CT molecular complexity index is 652. The van der Waals surface area contributed by atoms with Crippen molar-refractivity contribution in [3.05, 3.63) is 65.7 Å². The molecule has 1 aromatic heterocycles. The van der Waals surface area contributed by atoms with Gasteiger partial charge in [0.25, 0.3) is 0 Å². The normalized spacial score (nSPS) is 20.2. The Kier molecular flexibility index (Phi) is 6.50. The van der Waals surface area contributed by atoms with Crippen LogP contribution in [0.15, 0.2) is 48.8 Å². The second-order valence-electron chi connectivity index (χ2n) is 6.63. The van der Waals surface area contributed by atoms with E-state index in [1.54, 1.807) is 6.20 Å². The molecule has 0 amide bonds. The van der Waals surface area contributed by atoms with Gasteiger partial charge in [0.1, 0.15) is 5.82 Å². The molecule has 1 N–H and O–H groups in total. The van der Waals surface area contributed by atoms with E-state index in [0.717, 1.165) is 44.8 Å². The lowest BCUT2D eigenvalue weighted by Crippen LogP contribution is -2.38. The molecule has 2 atom stereocenters. The highest BCUT2D eigenvalue weighted by molar-refractivity contribution is 5.15. The van der Waals surface area contributed by atoms with E-state index in [4.69, 9.17) is 4.74 Å². The third kappa shape index (κ3) is 5.59. The number of rotatable bonds is 6. The van der Waals surface area contributed by atoms with Gasteiger partial charge in [0.05, 0.1) is 12.3 Å². The standard InChI is InChI=1S/C20H26FN3O/c1-16(18-10-19(21)12-22-11-18)23-13-20-15-24(8-5-9-25-20)14-17-6-3-2-4-7-17/h2-4,6-7,10-12,16,20,23H,5,8-9,13-15H2,1H3/t16-,20-/m0/s1. The molecule has 1 aliphatic heterocycles. The molecule has 2 aromatic rings. The fourth-order valence-corrected chi connectivity index (χ4v) is 3.17. The van der Waals surface area contributed by atoms with Gasteiger partial charge in [-0.05, 0) is 30.5 Å². The molecule has 0 bridgehead atoms. The van der Waals surface area contributed by atoms with Gasteiger partial charge in [0.2, 0.25) is 0 Å². The van der Waals surface area contributed by atoms with Gasteiger partial charge in [-0.2, -0.15) is 0 Å². The minimum atomic E-state index is -0.300. The summed E-state index contributed by atoms with van der Waals surface area (Å²) < 4.78 is 19.3. The molecular weight excluding hydrogens is 317 g/mol. The molecule has 1 aromatic carbocycles. The molecule has 1 aliphatic rings. The van der Waals surface area contributed by atoms with Gasteiger partial charge >= 0.3 is 0 Å². The number of hydrogen-bond donors (Lipinski definition) is 1. The lowest BCUT2D eigenvalue weighted by atomic mass is 10.1. The van der Waals surface area contributed by atoms with E-state index in [9.17, 15) is 4.39 Å². The Hall–Kier alpha value is -1.82. The van der Waals surface area contributed by atoms with E-state index in [1.165, 1.54) is 17.8 Å². The van der Waals surface area contributed by atoms with E-state index in [-0.39, 0.29) is 18.0 Å². The molecule has 4 nitrogen and oxygen atoms in total. The molecule has 1 fully saturated rings. The summed E-state index contributed by atoms with van der Waals surface area (Å²) in [7, 11) is 0. The largest absolute Gasteiger partial charge is 0.376 e. The number of nitrogens with one attached hydrogen (secondary N) is 1. The third-order valence-electron chi connectivity index (χ3n) is 4.56. The van der Waals surface area contributed by atoms with Gasteiger partial charge in [-0.25, -0.2) is 4.39 Å². The van der Waals surface area contributed by atoms with Crippen LogP contribution in [-0.4, -0.2) is 42.2 Å². The van der Waals surface area contributed by atoms with Crippen LogP contribution in [0.2, 0.25) is 0 Å². The van der Waals surface area contributed by atoms with Crippen LogP contribution in [0.5, 0.6) is 0 Å². The van der Waals surface area contributed by atoms with E-state index in [1.807, 2.05) is 13.0 Å². The van der Waals surface area contributed by atoms with Crippen molar-refractivity contribution in [3.63, 3.8) is 0 Å². The highest BCUT2D eigenvalue weighted by Crippen LogP contribution is 2.14. The van der Waals surface area contributed by atoms with Crippen molar-refractivity contribution in [1.29, 1.82) is 0 Å². The molecule has 0 spiro atoms. The fraction of sp³-hybridized carbons (Fsp3) is 0.450. The van der Waals surface area contributed by atoms with Crippen LogP contribution < -0.4 is 5.32 Å². The minimum Gasteiger partial charge on any atom is -0.376 e. The molecule has 0 unspecified atom stereocenters. The Morgan fingerprint density at radius 1 is 1.32 bits per heavy atom. The maximum atomic E-state index is 13.3. The summed E-state index contributed by atoms with van der Waals surface area (Å²) in [6.45, 7) is 6.44. The predicted molar refractivity (Wildman–Crippen MR) is 96.7 cm³/mol. The third-order valence-corrected chi connectivity index (χ3v) is 4.56. The summed E-state index contributed by atoms with van der Waals surface area (Å²) in [4.78, 5) is 6.37. The van der Waals surface area contributed by atoms with Gasteiger partial charge in [0.15, 0.2) is 0 Å². The van der Waals surface area contributed by atoms with Crippen molar-refractivity contribution < 1.29 is 9.13 Å². The average Bonchev–Trinajstić information content (AvgIpc) is 2.85. The zero-order chi connectivity index (χ0) is 17.5. The number of hydrogen-bond acceptors (Lipinski definition) is 4. The first-order valence-corrected chi connectivity index (χ1v) is 8.92. The number of pyridine rings is 1. The van der Waals surface area contributed by atoms with Gasteiger partial charge in [0, 0.05) is 45.0 Å². The number of halogens is 1. The quantitative estimate of drug-likeness (QED) is 0.874. The first-order valence-electron chi connectivity index (χ1n) is 8.92. The summed E-state index contributed by atoms with van der Waals surface area (Å²) >= 11 is 0. The van der Waals surface area contributed by atoms with Crippen LogP contribution in [0.4, 0.5) is 4.39 Å². The van der Waals surface area contributed by atoms with E-state index in [0.29, 0.717) is 0 Å². The molecule has 1 saturated heterocycles. The average molecular weight is 343 g/mol. The highest BCUT2D eigenvalue weighted by Gasteiger charge is 2.19. The zero-order valence-corrected chi connectivity index (χ0v) is 14.7. The molecule has 134 valence electrons. The minimum absolute atomic E-state index is 0.0395. The lowest BCUT2D eigenvalue weighted by molar-refractivity contribution is 0.0518. The van der Waals surface area contributed by atoms with E-state index in [2.05, 4.69) is 39.5 Å².